The second kappa shape index (κ2) is 6.84. The van der Waals surface area contributed by atoms with Gasteiger partial charge in [0.25, 0.3) is 0 Å². The summed E-state index contributed by atoms with van der Waals surface area (Å²) in [5, 5.41) is 0. The molecule has 2 N–H and O–H groups in total. The number of hydrogen-bond donors (Lipinski definition) is 1. The molecular formula is C16H26N2O2. The average Bonchev–Trinajstić information content (AvgIpc) is 2.44. The fourth-order valence-electron chi connectivity index (χ4n) is 2.66. The molecule has 0 radical (unpaired) electrons. The molecule has 0 bridgehead atoms. The first-order valence-electron chi connectivity index (χ1n) is 7.55. The van der Waals surface area contributed by atoms with E-state index in [0.717, 1.165) is 36.7 Å². The van der Waals surface area contributed by atoms with Crippen molar-refractivity contribution in [3.8, 4) is 11.5 Å². The summed E-state index contributed by atoms with van der Waals surface area (Å²) in [6.07, 6.45) is 1.02. The van der Waals surface area contributed by atoms with E-state index in [0.29, 0.717) is 25.2 Å². The summed E-state index contributed by atoms with van der Waals surface area (Å²) in [6.45, 7) is 9.51. The van der Waals surface area contributed by atoms with Gasteiger partial charge in [-0.05, 0) is 38.3 Å². The molecule has 1 aromatic rings. The maximum Gasteiger partial charge on any atom is 0.142 e. The van der Waals surface area contributed by atoms with Crippen molar-refractivity contribution < 1.29 is 9.47 Å². The van der Waals surface area contributed by atoms with E-state index in [1.165, 1.54) is 0 Å². The zero-order valence-corrected chi connectivity index (χ0v) is 12.8. The number of nitrogens with two attached hydrogens (primary N) is 1. The van der Waals surface area contributed by atoms with Gasteiger partial charge >= 0.3 is 0 Å². The highest BCUT2D eigenvalue weighted by molar-refractivity contribution is 5.62. The van der Waals surface area contributed by atoms with Crippen molar-refractivity contribution in [1.29, 1.82) is 0 Å². The van der Waals surface area contributed by atoms with Crippen molar-refractivity contribution in [1.82, 2.24) is 0 Å². The first kappa shape index (κ1) is 15.0. The smallest absolute Gasteiger partial charge is 0.142 e. The maximum absolute atomic E-state index is 6.11. The predicted molar refractivity (Wildman–Crippen MR) is 82.7 cm³/mol. The van der Waals surface area contributed by atoms with Crippen molar-refractivity contribution in [3.63, 3.8) is 0 Å². The molecule has 0 amide bonds. The first-order valence-corrected chi connectivity index (χ1v) is 7.55. The van der Waals surface area contributed by atoms with E-state index in [2.05, 4.69) is 17.9 Å². The summed E-state index contributed by atoms with van der Waals surface area (Å²) in [7, 11) is 0. The molecule has 1 aliphatic rings. The largest absolute Gasteiger partial charge is 0.494 e. The van der Waals surface area contributed by atoms with Crippen LogP contribution in [0, 0.1) is 5.92 Å². The van der Waals surface area contributed by atoms with Crippen molar-refractivity contribution in [3.05, 3.63) is 18.2 Å². The molecular weight excluding hydrogens is 252 g/mol. The summed E-state index contributed by atoms with van der Waals surface area (Å²) in [6, 6.07) is 6.36. The van der Waals surface area contributed by atoms with Gasteiger partial charge in [-0.25, -0.2) is 0 Å². The number of nitrogens with zero attached hydrogens (tertiary/aromatic N) is 1. The summed E-state index contributed by atoms with van der Waals surface area (Å²) in [5.74, 6) is 2.32. The Kier molecular flexibility index (Phi) is 5.12. The summed E-state index contributed by atoms with van der Waals surface area (Å²) >= 11 is 0. The Labute approximate surface area is 121 Å². The first-order chi connectivity index (χ1) is 9.65. The van der Waals surface area contributed by atoms with Crippen molar-refractivity contribution >= 4 is 5.69 Å². The number of rotatable bonds is 5. The molecule has 0 aliphatic carbocycles. The lowest BCUT2D eigenvalue weighted by Gasteiger charge is -2.37. The zero-order chi connectivity index (χ0) is 14.5. The molecule has 4 nitrogen and oxygen atoms in total. The standard InChI is InChI=1S/C16H26N2O2/c1-4-19-13-6-7-16(20-5-2)15(10-13)18-9-8-14(17)12(3)11-18/h6-7,10,12,14H,4-5,8-9,11,17H2,1-3H3. The van der Waals surface area contributed by atoms with Crippen molar-refractivity contribution in [2.45, 2.75) is 33.2 Å². The Bertz CT molecular complexity index is 436. The van der Waals surface area contributed by atoms with Crippen LogP contribution in [0.4, 0.5) is 5.69 Å². The van der Waals surface area contributed by atoms with E-state index < -0.39 is 0 Å². The fraction of sp³-hybridized carbons (Fsp3) is 0.625. The van der Waals surface area contributed by atoms with Gasteiger partial charge in [-0.15, -0.1) is 0 Å². The lowest BCUT2D eigenvalue weighted by Crippen LogP contribution is -2.46. The van der Waals surface area contributed by atoms with Gasteiger partial charge in [-0.2, -0.15) is 0 Å². The minimum atomic E-state index is 0.303. The Morgan fingerprint density at radius 1 is 1.25 bits per heavy atom. The van der Waals surface area contributed by atoms with Crippen molar-refractivity contribution in [2.75, 3.05) is 31.2 Å². The highest BCUT2D eigenvalue weighted by Crippen LogP contribution is 2.35. The van der Waals surface area contributed by atoms with Crippen LogP contribution in [0.25, 0.3) is 0 Å². The minimum Gasteiger partial charge on any atom is -0.494 e. The third-order valence-electron chi connectivity index (χ3n) is 3.85. The third-order valence-corrected chi connectivity index (χ3v) is 3.85. The molecule has 1 saturated heterocycles. The van der Waals surface area contributed by atoms with Gasteiger partial charge in [-0.3, -0.25) is 0 Å². The van der Waals surface area contributed by atoms with E-state index in [-0.39, 0.29) is 0 Å². The molecule has 0 aromatic heterocycles. The molecule has 0 spiro atoms. The van der Waals surface area contributed by atoms with E-state index in [4.69, 9.17) is 15.2 Å². The van der Waals surface area contributed by atoms with Gasteiger partial charge in [0.05, 0.1) is 18.9 Å². The van der Waals surface area contributed by atoms with Gasteiger partial charge in [-0.1, -0.05) is 6.92 Å². The Morgan fingerprint density at radius 3 is 2.65 bits per heavy atom. The Morgan fingerprint density at radius 2 is 2.00 bits per heavy atom. The van der Waals surface area contributed by atoms with E-state index in [1.807, 2.05) is 26.0 Å². The monoisotopic (exact) mass is 278 g/mol. The topological polar surface area (TPSA) is 47.7 Å². The van der Waals surface area contributed by atoms with Crippen LogP contribution in [0.2, 0.25) is 0 Å². The highest BCUT2D eigenvalue weighted by Gasteiger charge is 2.25. The number of piperidine rings is 1. The quantitative estimate of drug-likeness (QED) is 0.899. The van der Waals surface area contributed by atoms with Crippen LogP contribution in [0.3, 0.4) is 0 Å². The van der Waals surface area contributed by atoms with E-state index >= 15 is 0 Å². The van der Waals surface area contributed by atoms with Crippen LogP contribution in [-0.4, -0.2) is 32.3 Å². The number of ether oxygens (including phenoxy) is 2. The van der Waals surface area contributed by atoms with Gasteiger partial charge < -0.3 is 20.1 Å². The predicted octanol–water partition coefficient (Wildman–Crippen LogP) is 2.66. The molecule has 2 rings (SSSR count). The van der Waals surface area contributed by atoms with E-state index in [1.54, 1.807) is 0 Å². The summed E-state index contributed by atoms with van der Waals surface area (Å²) in [5.41, 5.74) is 7.23. The van der Waals surface area contributed by atoms with Crippen LogP contribution in [0.15, 0.2) is 18.2 Å². The van der Waals surface area contributed by atoms with Gasteiger partial charge in [0.2, 0.25) is 0 Å². The molecule has 2 atom stereocenters. The SMILES string of the molecule is CCOc1ccc(OCC)c(N2CCC(N)C(C)C2)c1. The summed E-state index contributed by atoms with van der Waals surface area (Å²) in [4.78, 5) is 2.36. The highest BCUT2D eigenvalue weighted by atomic mass is 16.5. The lowest BCUT2D eigenvalue weighted by atomic mass is 9.94. The molecule has 1 heterocycles. The van der Waals surface area contributed by atoms with Crippen LogP contribution in [0.1, 0.15) is 27.2 Å². The van der Waals surface area contributed by atoms with Crippen LogP contribution in [0.5, 0.6) is 11.5 Å². The molecule has 1 fully saturated rings. The van der Waals surface area contributed by atoms with Crippen LogP contribution in [-0.2, 0) is 0 Å². The minimum absolute atomic E-state index is 0.303. The molecule has 1 aliphatic heterocycles. The second-order valence-corrected chi connectivity index (χ2v) is 5.37. The van der Waals surface area contributed by atoms with Gasteiger partial charge in [0.1, 0.15) is 11.5 Å². The number of benzene rings is 1. The third kappa shape index (κ3) is 3.37. The molecule has 112 valence electrons. The maximum atomic E-state index is 6.11. The average molecular weight is 278 g/mol. The second-order valence-electron chi connectivity index (χ2n) is 5.37. The molecule has 0 saturated carbocycles. The zero-order valence-electron chi connectivity index (χ0n) is 12.8. The summed E-state index contributed by atoms with van der Waals surface area (Å²) < 4.78 is 11.4. The lowest BCUT2D eigenvalue weighted by molar-refractivity contribution is 0.327. The molecule has 2 unspecified atom stereocenters. The van der Waals surface area contributed by atoms with Crippen molar-refractivity contribution in [2.24, 2.45) is 11.7 Å². The Hall–Kier alpha value is -1.42. The number of anilines is 1. The molecule has 4 heteroatoms. The normalized spacial score (nSPS) is 22.7. The van der Waals surface area contributed by atoms with Gasteiger partial charge in [0.15, 0.2) is 0 Å². The fourth-order valence-corrected chi connectivity index (χ4v) is 2.66. The van der Waals surface area contributed by atoms with E-state index in [9.17, 15) is 0 Å². The van der Waals surface area contributed by atoms with Crippen LogP contribution < -0.4 is 20.1 Å². The van der Waals surface area contributed by atoms with Crippen LogP contribution >= 0.6 is 0 Å². The Balaban J connectivity index is 2.24. The van der Waals surface area contributed by atoms with Gasteiger partial charge in [0, 0.05) is 25.2 Å². The molecule has 20 heavy (non-hydrogen) atoms. The molecule has 1 aromatic carbocycles. The number of hydrogen-bond acceptors (Lipinski definition) is 4.